The molecular weight excluding hydrogens is 332 g/mol. The number of carbonyl (C=O) groups is 1. The number of hydrogen-bond acceptors (Lipinski definition) is 4. The molecule has 0 saturated carbocycles. The molecule has 1 aromatic carbocycles. The van der Waals surface area contributed by atoms with Crippen LogP contribution in [0.15, 0.2) is 24.4 Å². The molecule has 0 unspecified atom stereocenters. The quantitative estimate of drug-likeness (QED) is 0.672. The summed E-state index contributed by atoms with van der Waals surface area (Å²) in [6.07, 6.45) is 0.404. The molecular formula is C20H30N2O4. The molecule has 1 saturated heterocycles. The van der Waals surface area contributed by atoms with Crippen molar-refractivity contribution in [1.82, 2.24) is 9.88 Å². The van der Waals surface area contributed by atoms with E-state index in [0.29, 0.717) is 13.0 Å². The van der Waals surface area contributed by atoms with Crippen molar-refractivity contribution in [2.24, 2.45) is 0 Å². The Morgan fingerprint density at radius 1 is 1.19 bits per heavy atom. The number of aromatic amines is 1. The molecule has 1 fully saturated rings. The lowest BCUT2D eigenvalue weighted by Crippen LogP contribution is -2.50. The highest BCUT2D eigenvalue weighted by atomic mass is 16.6. The number of H-pyrrole nitrogens is 1. The van der Waals surface area contributed by atoms with Crippen molar-refractivity contribution < 1.29 is 19.7 Å². The Balaban J connectivity index is 0.000000195. The number of aryl methyl sites for hydroxylation is 2. The number of para-hydroxylation sites is 1. The number of β-amino-alcohol motifs (C(OH)–C–C–N with tert-alkyl or cyclic N) is 1. The van der Waals surface area contributed by atoms with Crippen molar-refractivity contribution in [2.45, 2.75) is 58.8 Å². The lowest BCUT2D eigenvalue weighted by Gasteiger charge is -2.34. The summed E-state index contributed by atoms with van der Waals surface area (Å²) < 4.78 is 5.15. The first-order valence-electron chi connectivity index (χ1n) is 8.96. The number of carbonyl (C=O) groups excluding carboxylic acids is 1. The Hall–Kier alpha value is -2.05. The molecule has 26 heavy (non-hydrogen) atoms. The smallest absolute Gasteiger partial charge is 0.410 e. The molecule has 2 heterocycles. The van der Waals surface area contributed by atoms with Crippen molar-refractivity contribution in [1.29, 1.82) is 0 Å². The molecule has 0 aliphatic carbocycles. The molecule has 1 aliphatic rings. The Bertz CT molecular complexity index is 748. The standard InChI is InChI=1S/C10H19NO4.C10H11N/c1-10(2,3)15-9(14)11-5-4-7(12)8(13)6-11;1-7-4-3-5-9-8(2)6-11-10(7)9/h7-8,12-13H,4-6H2,1-3H3;3-6,11H,1-2H3/t7-,8+;/m1./s1. The second-order valence-corrected chi connectivity index (χ2v) is 7.82. The average molecular weight is 362 g/mol. The number of ether oxygens (including phenoxy) is 1. The van der Waals surface area contributed by atoms with Gasteiger partial charge in [-0.2, -0.15) is 0 Å². The number of benzene rings is 1. The molecule has 2 aromatic rings. The van der Waals surface area contributed by atoms with Crippen LogP contribution in [-0.4, -0.2) is 57.1 Å². The van der Waals surface area contributed by atoms with Crippen LogP contribution < -0.4 is 0 Å². The molecule has 0 spiro atoms. The largest absolute Gasteiger partial charge is 0.444 e. The Labute approximate surface area is 154 Å². The van der Waals surface area contributed by atoms with Crippen molar-refractivity contribution in [3.63, 3.8) is 0 Å². The van der Waals surface area contributed by atoms with Crippen LogP contribution >= 0.6 is 0 Å². The fraction of sp³-hybridized carbons (Fsp3) is 0.550. The van der Waals surface area contributed by atoms with Crippen LogP contribution in [0, 0.1) is 13.8 Å². The Morgan fingerprint density at radius 2 is 1.88 bits per heavy atom. The number of aliphatic hydroxyl groups excluding tert-OH is 2. The van der Waals surface area contributed by atoms with Gasteiger partial charge in [0.25, 0.3) is 0 Å². The maximum absolute atomic E-state index is 11.6. The van der Waals surface area contributed by atoms with Crippen LogP contribution in [0.25, 0.3) is 10.9 Å². The van der Waals surface area contributed by atoms with Crippen LogP contribution in [0.1, 0.15) is 38.3 Å². The van der Waals surface area contributed by atoms with Gasteiger partial charge in [0.15, 0.2) is 0 Å². The fourth-order valence-corrected chi connectivity index (χ4v) is 2.86. The molecule has 144 valence electrons. The van der Waals surface area contributed by atoms with Gasteiger partial charge in [-0.25, -0.2) is 4.79 Å². The zero-order valence-electron chi connectivity index (χ0n) is 16.2. The van der Waals surface area contributed by atoms with Gasteiger partial charge in [-0.05, 0) is 52.2 Å². The first kappa shape index (κ1) is 20.3. The van der Waals surface area contributed by atoms with E-state index in [9.17, 15) is 15.0 Å². The van der Waals surface area contributed by atoms with E-state index < -0.39 is 23.9 Å². The zero-order chi connectivity index (χ0) is 19.5. The summed E-state index contributed by atoms with van der Waals surface area (Å²) in [5.74, 6) is 0. The van der Waals surface area contributed by atoms with Crippen LogP contribution in [0.5, 0.6) is 0 Å². The van der Waals surface area contributed by atoms with E-state index >= 15 is 0 Å². The molecule has 0 radical (unpaired) electrons. The lowest BCUT2D eigenvalue weighted by molar-refractivity contribution is -0.0468. The number of rotatable bonds is 0. The molecule has 1 aliphatic heterocycles. The zero-order valence-corrected chi connectivity index (χ0v) is 16.2. The number of aliphatic hydroxyl groups is 2. The van der Waals surface area contributed by atoms with Crippen molar-refractivity contribution in [3.05, 3.63) is 35.5 Å². The first-order chi connectivity index (χ1) is 12.1. The van der Waals surface area contributed by atoms with Gasteiger partial charge in [-0.1, -0.05) is 18.2 Å². The molecule has 3 rings (SSSR count). The van der Waals surface area contributed by atoms with Gasteiger partial charge in [0.1, 0.15) is 5.60 Å². The maximum atomic E-state index is 11.6. The number of hydrogen-bond donors (Lipinski definition) is 3. The van der Waals surface area contributed by atoms with Crippen LogP contribution in [0.4, 0.5) is 4.79 Å². The molecule has 1 amide bonds. The van der Waals surface area contributed by atoms with Crippen molar-refractivity contribution in [2.75, 3.05) is 13.1 Å². The van der Waals surface area contributed by atoms with Crippen molar-refractivity contribution in [3.8, 4) is 0 Å². The third-order valence-electron chi connectivity index (χ3n) is 4.33. The molecule has 3 N–H and O–H groups in total. The van der Waals surface area contributed by atoms with Crippen molar-refractivity contribution >= 4 is 17.0 Å². The van der Waals surface area contributed by atoms with E-state index in [0.717, 1.165) is 0 Å². The van der Waals surface area contributed by atoms with E-state index in [1.54, 1.807) is 20.8 Å². The van der Waals surface area contributed by atoms with E-state index in [2.05, 4.69) is 43.2 Å². The minimum absolute atomic E-state index is 0.135. The molecule has 6 nitrogen and oxygen atoms in total. The third kappa shape index (κ3) is 5.22. The highest BCUT2D eigenvalue weighted by Gasteiger charge is 2.31. The predicted octanol–water partition coefficient (Wildman–Crippen LogP) is 3.13. The lowest BCUT2D eigenvalue weighted by atomic mass is 10.1. The summed E-state index contributed by atoms with van der Waals surface area (Å²) in [6, 6.07) is 6.37. The summed E-state index contributed by atoms with van der Waals surface area (Å²) in [4.78, 5) is 16.3. The van der Waals surface area contributed by atoms with Gasteiger partial charge >= 0.3 is 6.09 Å². The Morgan fingerprint density at radius 3 is 2.46 bits per heavy atom. The van der Waals surface area contributed by atoms with Crippen LogP contribution in [0.2, 0.25) is 0 Å². The van der Waals surface area contributed by atoms with E-state index in [1.807, 2.05) is 0 Å². The monoisotopic (exact) mass is 362 g/mol. The number of nitrogens with one attached hydrogen (secondary N) is 1. The fourth-order valence-electron chi connectivity index (χ4n) is 2.86. The molecule has 1 aromatic heterocycles. The number of aromatic nitrogens is 1. The summed E-state index contributed by atoms with van der Waals surface area (Å²) in [6.45, 7) is 10.2. The molecule has 0 bridgehead atoms. The van der Waals surface area contributed by atoms with Gasteiger partial charge < -0.3 is 24.8 Å². The SMILES string of the molecule is CC(C)(C)OC(=O)N1CC[C@@H](O)[C@@H](O)C1.Cc1c[nH]c2c(C)cccc12. The number of piperidine rings is 1. The van der Waals surface area contributed by atoms with Gasteiger partial charge in [0.2, 0.25) is 0 Å². The second-order valence-electron chi connectivity index (χ2n) is 7.82. The predicted molar refractivity (Wildman–Crippen MR) is 102 cm³/mol. The maximum Gasteiger partial charge on any atom is 0.410 e. The first-order valence-corrected chi connectivity index (χ1v) is 8.96. The number of fused-ring (bicyclic) bond motifs is 1. The van der Waals surface area contributed by atoms with Gasteiger partial charge in [-0.3, -0.25) is 0 Å². The summed E-state index contributed by atoms with van der Waals surface area (Å²) in [5.41, 5.74) is 3.38. The minimum Gasteiger partial charge on any atom is -0.444 e. The second kappa shape index (κ2) is 8.10. The normalized spacial score (nSPS) is 20.5. The molecule has 6 heteroatoms. The van der Waals surface area contributed by atoms with Gasteiger partial charge in [-0.15, -0.1) is 0 Å². The summed E-state index contributed by atoms with van der Waals surface area (Å²) in [5, 5.41) is 20.0. The van der Waals surface area contributed by atoms with E-state index in [4.69, 9.17) is 4.74 Å². The van der Waals surface area contributed by atoms with E-state index in [-0.39, 0.29) is 6.54 Å². The summed E-state index contributed by atoms with van der Waals surface area (Å²) >= 11 is 0. The minimum atomic E-state index is -0.869. The highest BCUT2D eigenvalue weighted by Crippen LogP contribution is 2.19. The Kier molecular flexibility index (Phi) is 6.31. The van der Waals surface area contributed by atoms with Crippen LogP contribution in [0.3, 0.4) is 0 Å². The van der Waals surface area contributed by atoms with Crippen LogP contribution in [-0.2, 0) is 4.74 Å². The van der Waals surface area contributed by atoms with Gasteiger partial charge in [0, 0.05) is 23.6 Å². The topological polar surface area (TPSA) is 85.8 Å². The van der Waals surface area contributed by atoms with E-state index in [1.165, 1.54) is 26.9 Å². The number of nitrogens with zero attached hydrogens (tertiary/aromatic N) is 1. The number of likely N-dealkylation sites (tertiary alicyclic amines) is 1. The highest BCUT2D eigenvalue weighted by molar-refractivity contribution is 5.85. The third-order valence-corrected chi connectivity index (χ3v) is 4.33. The van der Waals surface area contributed by atoms with Gasteiger partial charge in [0.05, 0.1) is 18.8 Å². The molecule has 2 atom stereocenters. The average Bonchev–Trinajstić information content (AvgIpc) is 2.92. The summed E-state index contributed by atoms with van der Waals surface area (Å²) in [7, 11) is 0. The number of amides is 1.